The van der Waals surface area contributed by atoms with Crippen LogP contribution in [0.4, 0.5) is 4.39 Å². The van der Waals surface area contributed by atoms with Crippen molar-refractivity contribution in [1.29, 1.82) is 0 Å². The maximum atomic E-state index is 13.8. The van der Waals surface area contributed by atoms with E-state index in [9.17, 15) is 4.39 Å². The zero-order valence-electron chi connectivity index (χ0n) is 10.7. The standard InChI is InChI=1S/C15H16FNOS/c1-19-15-5-3-2-4-14(15)18-10-12-7-6-11(9-17)8-13(12)16/h2-8H,9-10,17H2,1H3. The summed E-state index contributed by atoms with van der Waals surface area (Å²) in [6.07, 6.45) is 1.98. The average Bonchev–Trinajstić information content (AvgIpc) is 2.46. The molecule has 0 radical (unpaired) electrons. The topological polar surface area (TPSA) is 35.2 Å². The van der Waals surface area contributed by atoms with Crippen molar-refractivity contribution in [2.45, 2.75) is 18.0 Å². The first-order valence-electron chi connectivity index (χ1n) is 5.97. The van der Waals surface area contributed by atoms with Gasteiger partial charge in [-0.15, -0.1) is 11.8 Å². The minimum Gasteiger partial charge on any atom is -0.488 e. The molecule has 0 amide bonds. The third kappa shape index (κ3) is 3.49. The van der Waals surface area contributed by atoms with Crippen molar-refractivity contribution in [3.8, 4) is 5.75 Å². The smallest absolute Gasteiger partial charge is 0.133 e. The molecule has 2 nitrogen and oxygen atoms in total. The van der Waals surface area contributed by atoms with Crippen LogP contribution in [0, 0.1) is 5.82 Å². The number of ether oxygens (including phenoxy) is 1. The van der Waals surface area contributed by atoms with Gasteiger partial charge in [0.05, 0.1) is 0 Å². The molecule has 2 aromatic carbocycles. The third-order valence-corrected chi connectivity index (χ3v) is 3.58. The van der Waals surface area contributed by atoms with Crippen molar-refractivity contribution >= 4 is 11.8 Å². The second-order valence-corrected chi connectivity index (χ2v) is 4.92. The lowest BCUT2D eigenvalue weighted by molar-refractivity contribution is 0.293. The maximum Gasteiger partial charge on any atom is 0.133 e. The Morgan fingerprint density at radius 1 is 1.21 bits per heavy atom. The van der Waals surface area contributed by atoms with Gasteiger partial charge in [-0.2, -0.15) is 0 Å². The molecule has 2 aromatic rings. The Morgan fingerprint density at radius 3 is 2.68 bits per heavy atom. The van der Waals surface area contributed by atoms with E-state index in [1.54, 1.807) is 17.8 Å². The van der Waals surface area contributed by atoms with Gasteiger partial charge in [0.25, 0.3) is 0 Å². The summed E-state index contributed by atoms with van der Waals surface area (Å²) in [5.41, 5.74) is 6.79. The second-order valence-electron chi connectivity index (χ2n) is 4.07. The molecule has 0 fully saturated rings. The quantitative estimate of drug-likeness (QED) is 0.848. The van der Waals surface area contributed by atoms with E-state index in [1.165, 1.54) is 6.07 Å². The van der Waals surface area contributed by atoms with Crippen LogP contribution < -0.4 is 10.5 Å². The minimum atomic E-state index is -0.274. The Hall–Kier alpha value is -1.52. The number of benzene rings is 2. The molecule has 0 aliphatic heterocycles. The predicted octanol–water partition coefficient (Wildman–Crippen LogP) is 3.59. The molecule has 0 saturated carbocycles. The summed E-state index contributed by atoms with van der Waals surface area (Å²) < 4.78 is 19.5. The van der Waals surface area contributed by atoms with Crippen molar-refractivity contribution in [2.24, 2.45) is 5.73 Å². The Bertz CT molecular complexity index is 560. The van der Waals surface area contributed by atoms with E-state index in [0.717, 1.165) is 16.2 Å². The van der Waals surface area contributed by atoms with Gasteiger partial charge in [-0.05, 0) is 30.0 Å². The molecule has 0 saturated heterocycles. The highest BCUT2D eigenvalue weighted by atomic mass is 32.2. The highest BCUT2D eigenvalue weighted by Gasteiger charge is 2.06. The molecule has 2 rings (SSSR count). The molecule has 4 heteroatoms. The fourth-order valence-electron chi connectivity index (χ4n) is 1.73. The number of para-hydroxylation sites is 1. The van der Waals surface area contributed by atoms with Gasteiger partial charge < -0.3 is 10.5 Å². The van der Waals surface area contributed by atoms with Gasteiger partial charge in [0.2, 0.25) is 0 Å². The molecule has 0 atom stereocenters. The summed E-state index contributed by atoms with van der Waals surface area (Å²) in [5.74, 6) is 0.502. The Morgan fingerprint density at radius 2 is 2.00 bits per heavy atom. The first-order valence-corrected chi connectivity index (χ1v) is 7.20. The fraction of sp³-hybridized carbons (Fsp3) is 0.200. The van der Waals surface area contributed by atoms with Gasteiger partial charge in [0.1, 0.15) is 18.2 Å². The first-order chi connectivity index (χ1) is 9.24. The Kier molecular flexibility index (Phi) is 4.82. The van der Waals surface area contributed by atoms with Gasteiger partial charge in [0, 0.05) is 17.0 Å². The summed E-state index contributed by atoms with van der Waals surface area (Å²) >= 11 is 1.61. The molecule has 0 aliphatic carbocycles. The average molecular weight is 277 g/mol. The van der Waals surface area contributed by atoms with Crippen molar-refractivity contribution in [2.75, 3.05) is 6.26 Å². The van der Waals surface area contributed by atoms with Crippen LogP contribution in [-0.2, 0) is 13.2 Å². The van der Waals surface area contributed by atoms with Crippen molar-refractivity contribution in [1.82, 2.24) is 0 Å². The summed E-state index contributed by atoms with van der Waals surface area (Å²) in [6.45, 7) is 0.557. The van der Waals surface area contributed by atoms with Gasteiger partial charge in [0.15, 0.2) is 0 Å². The molecule has 0 aromatic heterocycles. The maximum absolute atomic E-state index is 13.8. The van der Waals surface area contributed by atoms with Gasteiger partial charge in [-0.3, -0.25) is 0 Å². The van der Waals surface area contributed by atoms with E-state index < -0.39 is 0 Å². The zero-order valence-corrected chi connectivity index (χ0v) is 11.5. The second kappa shape index (κ2) is 6.59. The van der Waals surface area contributed by atoms with Crippen LogP contribution in [0.15, 0.2) is 47.4 Å². The van der Waals surface area contributed by atoms with Gasteiger partial charge >= 0.3 is 0 Å². The van der Waals surface area contributed by atoms with E-state index >= 15 is 0 Å². The van der Waals surface area contributed by atoms with Gasteiger partial charge in [-0.25, -0.2) is 4.39 Å². The lowest BCUT2D eigenvalue weighted by atomic mass is 10.1. The number of hydrogen-bond donors (Lipinski definition) is 1. The van der Waals surface area contributed by atoms with E-state index in [0.29, 0.717) is 12.1 Å². The first kappa shape index (κ1) is 13.9. The van der Waals surface area contributed by atoms with E-state index in [-0.39, 0.29) is 12.4 Å². The summed E-state index contributed by atoms with van der Waals surface area (Å²) in [6, 6.07) is 12.7. The molecule has 0 heterocycles. The molecular weight excluding hydrogens is 261 g/mol. The van der Waals surface area contributed by atoms with Crippen LogP contribution in [0.25, 0.3) is 0 Å². The van der Waals surface area contributed by atoms with E-state index in [4.69, 9.17) is 10.5 Å². The minimum absolute atomic E-state index is 0.217. The van der Waals surface area contributed by atoms with E-state index in [1.807, 2.05) is 36.6 Å². The molecule has 100 valence electrons. The van der Waals surface area contributed by atoms with Crippen molar-refractivity contribution < 1.29 is 9.13 Å². The Balaban J connectivity index is 2.10. The number of rotatable bonds is 5. The summed E-state index contributed by atoms with van der Waals surface area (Å²) in [5, 5.41) is 0. The lowest BCUT2D eigenvalue weighted by Gasteiger charge is -2.10. The van der Waals surface area contributed by atoms with Crippen molar-refractivity contribution in [3.05, 3.63) is 59.4 Å². The normalized spacial score (nSPS) is 10.5. The molecule has 0 unspecified atom stereocenters. The third-order valence-electron chi connectivity index (χ3n) is 2.81. The zero-order chi connectivity index (χ0) is 13.7. The molecular formula is C15H16FNOS. The monoisotopic (exact) mass is 277 g/mol. The van der Waals surface area contributed by atoms with Crippen LogP contribution in [0.2, 0.25) is 0 Å². The highest BCUT2D eigenvalue weighted by Crippen LogP contribution is 2.27. The molecule has 19 heavy (non-hydrogen) atoms. The summed E-state index contributed by atoms with van der Waals surface area (Å²) in [7, 11) is 0. The molecule has 2 N–H and O–H groups in total. The molecule has 0 spiro atoms. The molecule has 0 bridgehead atoms. The fourth-order valence-corrected chi connectivity index (χ4v) is 2.27. The summed E-state index contributed by atoms with van der Waals surface area (Å²) in [4.78, 5) is 1.04. The number of hydrogen-bond acceptors (Lipinski definition) is 3. The van der Waals surface area contributed by atoms with Crippen molar-refractivity contribution in [3.63, 3.8) is 0 Å². The molecule has 0 aliphatic rings. The lowest BCUT2D eigenvalue weighted by Crippen LogP contribution is -2.02. The Labute approximate surface area is 116 Å². The number of nitrogens with two attached hydrogens (primary N) is 1. The van der Waals surface area contributed by atoms with Crippen LogP contribution >= 0.6 is 11.8 Å². The SMILES string of the molecule is CSc1ccccc1OCc1ccc(CN)cc1F. The number of thioether (sulfide) groups is 1. The van der Waals surface area contributed by atoms with Crippen LogP contribution in [0.3, 0.4) is 0 Å². The predicted molar refractivity (Wildman–Crippen MR) is 76.8 cm³/mol. The largest absolute Gasteiger partial charge is 0.488 e. The van der Waals surface area contributed by atoms with Crippen LogP contribution in [0.1, 0.15) is 11.1 Å². The van der Waals surface area contributed by atoms with Crippen LogP contribution in [0.5, 0.6) is 5.75 Å². The van der Waals surface area contributed by atoms with Gasteiger partial charge in [-0.1, -0.05) is 24.3 Å². The van der Waals surface area contributed by atoms with E-state index in [2.05, 4.69) is 0 Å². The van der Waals surface area contributed by atoms with Crippen LogP contribution in [-0.4, -0.2) is 6.26 Å². The number of halogens is 1. The highest BCUT2D eigenvalue weighted by molar-refractivity contribution is 7.98.